The van der Waals surface area contributed by atoms with E-state index in [1.54, 1.807) is 18.1 Å². The molecule has 8 nitrogen and oxygen atoms in total. The summed E-state index contributed by atoms with van der Waals surface area (Å²) in [5, 5.41) is 23.5. The van der Waals surface area contributed by atoms with Crippen LogP contribution in [0.2, 0.25) is 5.02 Å². The molecule has 35 heavy (non-hydrogen) atoms. The van der Waals surface area contributed by atoms with Crippen LogP contribution in [0.25, 0.3) is 10.9 Å². The molecule has 1 aromatic heterocycles. The van der Waals surface area contributed by atoms with Crippen LogP contribution in [0.3, 0.4) is 0 Å². The van der Waals surface area contributed by atoms with E-state index in [2.05, 4.69) is 15.3 Å². The Morgan fingerprint density at radius 1 is 1.29 bits per heavy atom. The zero-order valence-corrected chi connectivity index (χ0v) is 19.9. The molecule has 1 aliphatic heterocycles. The number of nitrogens with zero attached hydrogens (tertiary/aromatic N) is 3. The minimum atomic E-state index is -0.572. The predicted octanol–water partition coefficient (Wildman–Crippen LogP) is 3.62. The van der Waals surface area contributed by atoms with E-state index in [1.165, 1.54) is 18.5 Å². The summed E-state index contributed by atoms with van der Waals surface area (Å²) in [6.07, 6.45) is 3.04. The van der Waals surface area contributed by atoms with E-state index in [9.17, 15) is 19.4 Å². The number of carbonyl (C=O) groups is 1. The molecule has 2 heterocycles. The van der Waals surface area contributed by atoms with Crippen molar-refractivity contribution in [1.29, 1.82) is 0 Å². The smallest absolute Gasteiger partial charge is 0.248 e. The molecule has 1 saturated heterocycles. The maximum Gasteiger partial charge on any atom is 0.248 e. The molecule has 0 radical (unpaired) electrons. The minimum absolute atomic E-state index is 0.0123. The van der Waals surface area contributed by atoms with Gasteiger partial charge in [-0.1, -0.05) is 11.6 Å². The number of hydrogen-bond donors (Lipinski definition) is 3. The van der Waals surface area contributed by atoms with E-state index in [-0.39, 0.29) is 29.4 Å². The number of fused-ring (bicyclic) bond motifs is 1. The Kier molecular flexibility index (Phi) is 6.48. The Morgan fingerprint density at radius 3 is 2.86 bits per heavy atom. The fourth-order valence-electron chi connectivity index (χ4n) is 5.16. The summed E-state index contributed by atoms with van der Waals surface area (Å²) in [6, 6.07) is 8.12. The second-order valence-corrected chi connectivity index (χ2v) is 9.58. The maximum atomic E-state index is 13.6. The number of amides is 1. The number of aromatic nitrogens is 2. The highest BCUT2D eigenvalue weighted by Crippen LogP contribution is 2.54. The van der Waals surface area contributed by atoms with Gasteiger partial charge in [0.2, 0.25) is 5.91 Å². The first kappa shape index (κ1) is 23.7. The second kappa shape index (κ2) is 9.56. The van der Waals surface area contributed by atoms with Gasteiger partial charge < -0.3 is 25.2 Å². The average molecular weight is 501 g/mol. The average Bonchev–Trinajstić information content (AvgIpc) is 3.52. The van der Waals surface area contributed by atoms with E-state index in [0.29, 0.717) is 35.1 Å². The lowest BCUT2D eigenvalue weighted by Crippen LogP contribution is -2.38. The summed E-state index contributed by atoms with van der Waals surface area (Å²) in [7, 11) is 1.61. The normalized spacial score (nSPS) is 23.5. The van der Waals surface area contributed by atoms with Gasteiger partial charge in [0, 0.05) is 29.7 Å². The van der Waals surface area contributed by atoms with Gasteiger partial charge in [0.05, 0.1) is 23.8 Å². The number of likely N-dealkylation sites (tertiary alicyclic amines) is 1. The lowest BCUT2D eigenvalue weighted by Gasteiger charge is -2.23. The third-order valence-corrected chi connectivity index (χ3v) is 7.19. The standard InChI is InChI=1S/C25H26ClFN4O4/c1-35-17-8-19(18-5-13(18)4-15-7-16(33)10-31(15)23(34)11-32)24-22(9-17)28-12-29-25(24)30-14-2-3-21(27)20(26)6-14/h2-3,6,8-9,12-13,15-16,18,32-33H,4-5,7,10-11H2,1H3,(H,28,29,30)/t13?,15-,16-,18-/m0/s1. The molecule has 1 amide bonds. The Morgan fingerprint density at radius 2 is 2.11 bits per heavy atom. The molecule has 3 N–H and O–H groups in total. The number of ether oxygens (including phenoxy) is 1. The predicted molar refractivity (Wildman–Crippen MR) is 129 cm³/mol. The molecule has 5 rings (SSSR count). The SMILES string of the molecule is COc1cc([C@H]2CC2C[C@H]2C[C@H](O)CN2C(=O)CO)c2c(Nc3ccc(F)c(Cl)c3)ncnc2c1. The quantitative estimate of drug-likeness (QED) is 0.454. The van der Waals surface area contributed by atoms with E-state index in [0.717, 1.165) is 23.8 Å². The zero-order chi connectivity index (χ0) is 24.7. The van der Waals surface area contributed by atoms with Gasteiger partial charge in [-0.05, 0) is 60.9 Å². The highest BCUT2D eigenvalue weighted by atomic mass is 35.5. The van der Waals surface area contributed by atoms with Crippen LogP contribution >= 0.6 is 11.6 Å². The molecule has 3 aromatic rings. The number of aliphatic hydroxyl groups excluding tert-OH is 2. The first-order valence-electron chi connectivity index (χ1n) is 11.5. The molecular formula is C25H26ClFN4O4. The Labute approximate surface area is 206 Å². The van der Waals surface area contributed by atoms with E-state index in [4.69, 9.17) is 16.3 Å². The van der Waals surface area contributed by atoms with Crippen LogP contribution in [0.15, 0.2) is 36.7 Å². The summed E-state index contributed by atoms with van der Waals surface area (Å²) in [5.41, 5.74) is 2.34. The molecule has 1 saturated carbocycles. The third kappa shape index (κ3) is 4.76. The first-order valence-corrected chi connectivity index (χ1v) is 11.9. The highest BCUT2D eigenvalue weighted by Gasteiger charge is 2.44. The van der Waals surface area contributed by atoms with Gasteiger partial charge in [0.1, 0.15) is 30.3 Å². The molecule has 2 aliphatic rings. The minimum Gasteiger partial charge on any atom is -0.497 e. The lowest BCUT2D eigenvalue weighted by molar-refractivity contribution is -0.135. The molecule has 0 bridgehead atoms. The molecule has 10 heteroatoms. The van der Waals surface area contributed by atoms with Crippen LogP contribution in [-0.4, -0.2) is 63.4 Å². The topological polar surface area (TPSA) is 108 Å². The van der Waals surface area contributed by atoms with Crippen molar-refractivity contribution < 1.29 is 24.1 Å². The van der Waals surface area contributed by atoms with Crippen molar-refractivity contribution in [2.75, 3.05) is 25.6 Å². The molecule has 0 spiro atoms. The highest BCUT2D eigenvalue weighted by molar-refractivity contribution is 6.31. The number of rotatable bonds is 7. The van der Waals surface area contributed by atoms with E-state index in [1.807, 2.05) is 12.1 Å². The second-order valence-electron chi connectivity index (χ2n) is 9.17. The fourth-order valence-corrected chi connectivity index (χ4v) is 5.34. The Balaban J connectivity index is 1.45. The number of β-amino-alcohol motifs (C(OH)–C–C–N with tert-alkyl or cyclic N) is 1. The Hall–Kier alpha value is -3.01. The zero-order valence-electron chi connectivity index (χ0n) is 19.1. The molecular weight excluding hydrogens is 475 g/mol. The van der Waals surface area contributed by atoms with Crippen LogP contribution in [0.1, 0.15) is 30.7 Å². The van der Waals surface area contributed by atoms with Gasteiger partial charge in [-0.25, -0.2) is 14.4 Å². The van der Waals surface area contributed by atoms with Crippen LogP contribution in [0, 0.1) is 11.7 Å². The van der Waals surface area contributed by atoms with E-state index >= 15 is 0 Å². The number of anilines is 2. The van der Waals surface area contributed by atoms with Crippen molar-refractivity contribution in [2.24, 2.45) is 5.92 Å². The summed E-state index contributed by atoms with van der Waals surface area (Å²) in [6.45, 7) is -0.302. The molecule has 1 unspecified atom stereocenters. The van der Waals surface area contributed by atoms with Crippen molar-refractivity contribution >= 4 is 39.9 Å². The monoisotopic (exact) mass is 500 g/mol. The van der Waals surface area contributed by atoms with Gasteiger partial charge in [-0.15, -0.1) is 0 Å². The van der Waals surface area contributed by atoms with Crippen molar-refractivity contribution in [2.45, 2.75) is 37.3 Å². The molecule has 4 atom stereocenters. The summed E-state index contributed by atoms with van der Waals surface area (Å²) in [5.74, 6) is 0.897. The van der Waals surface area contributed by atoms with Crippen LogP contribution in [-0.2, 0) is 4.79 Å². The van der Waals surface area contributed by atoms with Crippen LogP contribution in [0.5, 0.6) is 5.75 Å². The van der Waals surface area contributed by atoms with Crippen molar-refractivity contribution in [3.8, 4) is 5.75 Å². The van der Waals surface area contributed by atoms with Gasteiger partial charge in [-0.3, -0.25) is 4.79 Å². The first-order chi connectivity index (χ1) is 16.9. The number of methoxy groups -OCH3 is 1. The third-order valence-electron chi connectivity index (χ3n) is 6.90. The largest absolute Gasteiger partial charge is 0.497 e. The van der Waals surface area contributed by atoms with Gasteiger partial charge in [0.15, 0.2) is 0 Å². The molecule has 184 valence electrons. The number of benzene rings is 2. The molecule has 2 aromatic carbocycles. The summed E-state index contributed by atoms with van der Waals surface area (Å²) in [4.78, 5) is 22.6. The Bertz CT molecular complexity index is 1280. The van der Waals surface area contributed by atoms with Crippen LogP contribution < -0.4 is 10.1 Å². The maximum absolute atomic E-state index is 13.6. The number of aliphatic hydroxyl groups is 2. The molecule has 2 fully saturated rings. The van der Waals surface area contributed by atoms with Crippen LogP contribution in [0.4, 0.5) is 15.9 Å². The summed E-state index contributed by atoms with van der Waals surface area (Å²) < 4.78 is 19.2. The fraction of sp³-hybridized carbons (Fsp3) is 0.400. The van der Waals surface area contributed by atoms with Gasteiger partial charge in [-0.2, -0.15) is 0 Å². The number of halogens is 2. The number of carbonyl (C=O) groups excluding carboxylic acids is 1. The lowest BCUT2D eigenvalue weighted by atomic mass is 9.99. The molecule has 1 aliphatic carbocycles. The van der Waals surface area contributed by atoms with E-state index < -0.39 is 18.5 Å². The van der Waals surface area contributed by atoms with Crippen molar-refractivity contribution in [3.63, 3.8) is 0 Å². The van der Waals surface area contributed by atoms with Crippen molar-refractivity contribution in [3.05, 3.63) is 53.1 Å². The van der Waals surface area contributed by atoms with Crippen molar-refractivity contribution in [1.82, 2.24) is 14.9 Å². The van der Waals surface area contributed by atoms with Gasteiger partial charge >= 0.3 is 0 Å². The summed E-state index contributed by atoms with van der Waals surface area (Å²) >= 11 is 5.96. The number of nitrogens with one attached hydrogen (secondary N) is 1. The number of hydrogen-bond acceptors (Lipinski definition) is 7. The van der Waals surface area contributed by atoms with Gasteiger partial charge in [0.25, 0.3) is 0 Å².